The third-order valence-corrected chi connectivity index (χ3v) is 4.86. The Morgan fingerprint density at radius 2 is 1.81 bits per heavy atom. The third-order valence-electron chi connectivity index (χ3n) is 3.29. The smallest absolute Gasteiger partial charge is 0.363 e. The van der Waals surface area contributed by atoms with Gasteiger partial charge in [-0.1, -0.05) is 31.9 Å². The van der Waals surface area contributed by atoms with Crippen molar-refractivity contribution in [2.75, 3.05) is 0 Å². The number of benzene rings is 2. The van der Waals surface area contributed by atoms with Gasteiger partial charge in [0.2, 0.25) is 5.90 Å². The average molecular weight is 544 g/mol. The SMILES string of the molecule is CC(=O)Oc1c(Br)cc(Br)cc1/C=C1\N=C(c2ccc(Br)cc2)OC1=O. The monoisotopic (exact) mass is 541 g/mol. The zero-order chi connectivity index (χ0) is 18.8. The van der Waals surface area contributed by atoms with E-state index < -0.39 is 11.9 Å². The lowest BCUT2D eigenvalue weighted by atomic mass is 10.1. The first-order chi connectivity index (χ1) is 12.3. The summed E-state index contributed by atoms with van der Waals surface area (Å²) in [6.45, 7) is 1.30. The van der Waals surface area contributed by atoms with Gasteiger partial charge in [0.1, 0.15) is 0 Å². The Kier molecular flexibility index (Phi) is 5.74. The van der Waals surface area contributed by atoms with Gasteiger partial charge in [0.05, 0.1) is 4.47 Å². The highest BCUT2D eigenvalue weighted by atomic mass is 79.9. The molecule has 26 heavy (non-hydrogen) atoms. The quantitative estimate of drug-likeness (QED) is 0.301. The molecule has 0 saturated heterocycles. The number of rotatable bonds is 3. The normalized spacial score (nSPS) is 15.0. The molecule has 1 aliphatic heterocycles. The van der Waals surface area contributed by atoms with E-state index in [-0.39, 0.29) is 11.6 Å². The molecule has 132 valence electrons. The second-order valence-electron chi connectivity index (χ2n) is 5.24. The molecule has 0 fully saturated rings. The molecule has 0 amide bonds. The van der Waals surface area contributed by atoms with E-state index in [2.05, 4.69) is 52.8 Å². The van der Waals surface area contributed by atoms with Gasteiger partial charge in [-0.2, -0.15) is 0 Å². The summed E-state index contributed by atoms with van der Waals surface area (Å²) in [5, 5.41) is 0. The molecular formula is C18H10Br3NO4. The molecule has 5 nitrogen and oxygen atoms in total. The Labute approximate surface area is 174 Å². The van der Waals surface area contributed by atoms with Gasteiger partial charge in [0.15, 0.2) is 11.4 Å². The van der Waals surface area contributed by atoms with E-state index in [1.54, 1.807) is 24.3 Å². The summed E-state index contributed by atoms with van der Waals surface area (Å²) in [7, 11) is 0. The average Bonchev–Trinajstić information content (AvgIpc) is 2.92. The highest BCUT2D eigenvalue weighted by Crippen LogP contribution is 2.35. The summed E-state index contributed by atoms with van der Waals surface area (Å²) in [5.74, 6) is -0.529. The molecule has 1 heterocycles. The van der Waals surface area contributed by atoms with E-state index in [1.165, 1.54) is 13.0 Å². The highest BCUT2D eigenvalue weighted by molar-refractivity contribution is 9.11. The number of cyclic esters (lactones) is 1. The Balaban J connectivity index is 2.03. The molecule has 0 radical (unpaired) electrons. The number of carbonyl (C=O) groups excluding carboxylic acids is 2. The highest BCUT2D eigenvalue weighted by Gasteiger charge is 2.25. The van der Waals surface area contributed by atoms with Crippen molar-refractivity contribution in [2.24, 2.45) is 4.99 Å². The lowest BCUT2D eigenvalue weighted by Gasteiger charge is -2.09. The van der Waals surface area contributed by atoms with E-state index in [4.69, 9.17) is 9.47 Å². The van der Waals surface area contributed by atoms with Gasteiger partial charge in [0.25, 0.3) is 0 Å². The Hall–Kier alpha value is -1.77. The zero-order valence-corrected chi connectivity index (χ0v) is 18.0. The summed E-state index contributed by atoms with van der Waals surface area (Å²) in [6, 6.07) is 10.7. The van der Waals surface area contributed by atoms with E-state index in [0.717, 1.165) is 8.95 Å². The van der Waals surface area contributed by atoms with Crippen LogP contribution in [-0.2, 0) is 14.3 Å². The number of nitrogens with zero attached hydrogens (tertiary/aromatic N) is 1. The molecular weight excluding hydrogens is 534 g/mol. The molecule has 2 aromatic rings. The van der Waals surface area contributed by atoms with Gasteiger partial charge in [-0.25, -0.2) is 9.79 Å². The van der Waals surface area contributed by atoms with Crippen molar-refractivity contribution in [1.29, 1.82) is 0 Å². The minimum absolute atomic E-state index is 0.112. The van der Waals surface area contributed by atoms with Crippen molar-refractivity contribution in [3.05, 3.63) is 66.6 Å². The van der Waals surface area contributed by atoms with Crippen molar-refractivity contribution in [3.63, 3.8) is 0 Å². The molecule has 0 spiro atoms. The zero-order valence-electron chi connectivity index (χ0n) is 13.3. The molecule has 0 unspecified atom stereocenters. The summed E-state index contributed by atoms with van der Waals surface area (Å²) in [5.41, 5.74) is 1.30. The van der Waals surface area contributed by atoms with Crippen LogP contribution in [0.1, 0.15) is 18.1 Å². The molecule has 0 bridgehead atoms. The number of hydrogen-bond acceptors (Lipinski definition) is 5. The number of aliphatic imine (C=N–C) groups is 1. The Morgan fingerprint density at radius 1 is 1.12 bits per heavy atom. The molecule has 3 rings (SSSR count). The minimum atomic E-state index is -0.576. The molecule has 1 aliphatic rings. The maximum Gasteiger partial charge on any atom is 0.363 e. The largest absolute Gasteiger partial charge is 0.425 e. The van der Waals surface area contributed by atoms with Crippen molar-refractivity contribution >= 4 is 71.7 Å². The lowest BCUT2D eigenvalue weighted by Crippen LogP contribution is -2.05. The van der Waals surface area contributed by atoms with Crippen LogP contribution < -0.4 is 4.74 Å². The van der Waals surface area contributed by atoms with Crippen LogP contribution in [0.25, 0.3) is 6.08 Å². The molecule has 8 heteroatoms. The van der Waals surface area contributed by atoms with Gasteiger partial charge in [0, 0.05) is 27.0 Å². The molecule has 0 aliphatic carbocycles. The lowest BCUT2D eigenvalue weighted by molar-refractivity contribution is -0.132. The number of carbonyl (C=O) groups is 2. The fourth-order valence-electron chi connectivity index (χ4n) is 2.21. The van der Waals surface area contributed by atoms with Crippen LogP contribution in [0.2, 0.25) is 0 Å². The van der Waals surface area contributed by atoms with Gasteiger partial charge in [-0.05, 0) is 58.4 Å². The van der Waals surface area contributed by atoms with E-state index in [0.29, 0.717) is 21.3 Å². The molecule has 0 N–H and O–H groups in total. The molecule has 0 saturated carbocycles. The maximum absolute atomic E-state index is 12.2. The summed E-state index contributed by atoms with van der Waals surface area (Å²) < 4.78 is 12.7. The first kappa shape index (κ1) is 19.0. The van der Waals surface area contributed by atoms with Crippen LogP contribution in [0, 0.1) is 0 Å². The first-order valence-corrected chi connectivity index (χ1v) is 9.67. The van der Waals surface area contributed by atoms with Crippen molar-refractivity contribution in [2.45, 2.75) is 6.92 Å². The second kappa shape index (κ2) is 7.85. The topological polar surface area (TPSA) is 65.0 Å². The van der Waals surface area contributed by atoms with Crippen LogP contribution in [0.4, 0.5) is 0 Å². The molecule has 0 aromatic heterocycles. The maximum atomic E-state index is 12.2. The van der Waals surface area contributed by atoms with E-state index in [9.17, 15) is 9.59 Å². The van der Waals surface area contributed by atoms with Crippen LogP contribution in [0.3, 0.4) is 0 Å². The first-order valence-electron chi connectivity index (χ1n) is 7.29. The number of esters is 2. The molecule has 0 atom stereocenters. The van der Waals surface area contributed by atoms with Crippen molar-refractivity contribution in [1.82, 2.24) is 0 Å². The van der Waals surface area contributed by atoms with Crippen molar-refractivity contribution in [3.8, 4) is 5.75 Å². The van der Waals surface area contributed by atoms with Gasteiger partial charge in [-0.15, -0.1) is 0 Å². The second-order valence-corrected chi connectivity index (χ2v) is 7.93. The fourth-order valence-corrected chi connectivity index (χ4v) is 3.81. The van der Waals surface area contributed by atoms with Gasteiger partial charge < -0.3 is 9.47 Å². The number of halogens is 3. The summed E-state index contributed by atoms with van der Waals surface area (Å²) in [4.78, 5) is 27.8. The van der Waals surface area contributed by atoms with Crippen LogP contribution in [-0.4, -0.2) is 17.8 Å². The van der Waals surface area contributed by atoms with Gasteiger partial charge in [-0.3, -0.25) is 4.79 Å². The Bertz CT molecular complexity index is 965. The molecule has 2 aromatic carbocycles. The van der Waals surface area contributed by atoms with Crippen LogP contribution in [0.15, 0.2) is 60.5 Å². The van der Waals surface area contributed by atoms with Crippen LogP contribution >= 0.6 is 47.8 Å². The van der Waals surface area contributed by atoms with Crippen LogP contribution in [0.5, 0.6) is 5.75 Å². The third kappa shape index (κ3) is 4.31. The van der Waals surface area contributed by atoms with Crippen molar-refractivity contribution < 1.29 is 19.1 Å². The standard InChI is InChI=1S/C18H10Br3NO4/c1-9(23)25-16-11(6-13(20)8-14(16)21)7-15-18(24)26-17(22-15)10-2-4-12(19)5-3-10/h2-8H,1H3/b15-7-. The number of ether oxygens (including phenoxy) is 2. The predicted molar refractivity (Wildman–Crippen MR) is 108 cm³/mol. The van der Waals surface area contributed by atoms with E-state index in [1.807, 2.05) is 12.1 Å². The van der Waals surface area contributed by atoms with Gasteiger partial charge >= 0.3 is 11.9 Å². The number of hydrogen-bond donors (Lipinski definition) is 0. The minimum Gasteiger partial charge on any atom is -0.425 e. The Morgan fingerprint density at radius 3 is 2.46 bits per heavy atom. The van der Waals surface area contributed by atoms with E-state index >= 15 is 0 Å². The predicted octanol–water partition coefficient (Wildman–Crippen LogP) is 5.24. The fraction of sp³-hybridized carbons (Fsp3) is 0.0556. The summed E-state index contributed by atoms with van der Waals surface area (Å²) >= 11 is 10.1. The summed E-state index contributed by atoms with van der Waals surface area (Å²) in [6.07, 6.45) is 1.52.